The largest absolute Gasteiger partial charge is 0.235 e. The van der Waals surface area contributed by atoms with Gasteiger partial charge < -0.3 is 0 Å². The fourth-order valence-electron chi connectivity index (χ4n) is 1.45. The Labute approximate surface area is 70.9 Å². The smallest absolute Gasteiger partial charge is 0.211 e. The summed E-state index contributed by atoms with van der Waals surface area (Å²) in [7, 11) is 0. The van der Waals surface area contributed by atoms with Gasteiger partial charge >= 0.3 is 0 Å². The molecule has 1 aliphatic carbocycles. The van der Waals surface area contributed by atoms with Crippen LogP contribution in [-0.4, -0.2) is 12.1 Å². The van der Waals surface area contributed by atoms with Gasteiger partial charge in [0.05, 0.1) is 6.04 Å². The van der Waals surface area contributed by atoms with E-state index in [1.807, 2.05) is 18.2 Å². The third kappa shape index (κ3) is 1.29. The average molecular weight is 159 g/mol. The molecule has 60 valence electrons. The molecule has 1 aliphatic rings. The number of benzene rings is 1. The monoisotopic (exact) mass is 159 g/mol. The maximum atomic E-state index is 9.94. The second-order valence-corrected chi connectivity index (χ2v) is 3.04. The molecule has 0 amide bonds. The topological polar surface area (TPSA) is 29.4 Å². The summed E-state index contributed by atoms with van der Waals surface area (Å²) in [5.41, 5.74) is 1.28. The van der Waals surface area contributed by atoms with Crippen molar-refractivity contribution >= 4 is 6.08 Å². The Kier molecular flexibility index (Phi) is 1.77. The molecule has 2 rings (SSSR count). The summed E-state index contributed by atoms with van der Waals surface area (Å²) in [5, 5.41) is 0. The Balaban J connectivity index is 2.11. The molecule has 12 heavy (non-hydrogen) atoms. The lowest BCUT2D eigenvalue weighted by molar-refractivity contribution is 0.562. The van der Waals surface area contributed by atoms with Crippen molar-refractivity contribution in [2.24, 2.45) is 4.99 Å². The number of rotatable bonds is 2. The van der Waals surface area contributed by atoms with Crippen LogP contribution in [0.15, 0.2) is 35.3 Å². The Bertz CT molecular complexity index is 314. The first-order chi connectivity index (χ1) is 5.92. The molecule has 0 N–H and O–H groups in total. The van der Waals surface area contributed by atoms with Gasteiger partial charge in [-0.2, -0.15) is 0 Å². The summed E-state index contributed by atoms with van der Waals surface area (Å²) in [6.07, 6.45) is 2.60. The Hall–Kier alpha value is -1.40. The van der Waals surface area contributed by atoms with E-state index < -0.39 is 0 Å². The number of aliphatic imine (C=N–C) groups is 1. The Morgan fingerprint density at radius 3 is 2.75 bits per heavy atom. The zero-order valence-electron chi connectivity index (χ0n) is 6.60. The van der Waals surface area contributed by atoms with Crippen LogP contribution in [0.2, 0.25) is 0 Å². The molecule has 2 nitrogen and oxygen atoms in total. The van der Waals surface area contributed by atoms with E-state index in [0.717, 1.165) is 6.42 Å². The molecule has 1 unspecified atom stereocenters. The van der Waals surface area contributed by atoms with Gasteiger partial charge in [-0.3, -0.25) is 0 Å². The third-order valence-electron chi connectivity index (χ3n) is 2.20. The lowest BCUT2D eigenvalue weighted by Crippen LogP contribution is -1.82. The summed E-state index contributed by atoms with van der Waals surface area (Å²) in [4.78, 5) is 13.6. The molecule has 0 heterocycles. The SMILES string of the molecule is O=C=NC1C[C@@H]1c1ccccc1. The van der Waals surface area contributed by atoms with Crippen LogP contribution in [0.3, 0.4) is 0 Å². The van der Waals surface area contributed by atoms with E-state index in [1.54, 1.807) is 6.08 Å². The van der Waals surface area contributed by atoms with Gasteiger partial charge in [0.25, 0.3) is 0 Å². The first kappa shape index (κ1) is 7.26. The van der Waals surface area contributed by atoms with Gasteiger partial charge in [0.15, 0.2) is 0 Å². The highest BCUT2D eigenvalue weighted by atomic mass is 16.1. The second kappa shape index (κ2) is 2.92. The van der Waals surface area contributed by atoms with Crippen molar-refractivity contribution in [2.45, 2.75) is 18.4 Å². The van der Waals surface area contributed by atoms with Crippen LogP contribution in [0.5, 0.6) is 0 Å². The van der Waals surface area contributed by atoms with Gasteiger partial charge in [-0.05, 0) is 12.0 Å². The fraction of sp³-hybridized carbons (Fsp3) is 0.300. The predicted molar refractivity (Wildman–Crippen MR) is 45.7 cm³/mol. The van der Waals surface area contributed by atoms with E-state index in [-0.39, 0.29) is 6.04 Å². The number of hydrogen-bond acceptors (Lipinski definition) is 2. The van der Waals surface area contributed by atoms with Gasteiger partial charge in [0.1, 0.15) is 0 Å². The number of carbonyl (C=O) groups excluding carboxylic acids is 1. The van der Waals surface area contributed by atoms with Crippen molar-refractivity contribution in [1.29, 1.82) is 0 Å². The summed E-state index contributed by atoms with van der Waals surface area (Å²) >= 11 is 0. The molecule has 1 aromatic carbocycles. The molecular formula is C10H9NO. The molecule has 1 saturated carbocycles. The molecule has 1 fully saturated rings. The minimum absolute atomic E-state index is 0.199. The van der Waals surface area contributed by atoms with Gasteiger partial charge in [0.2, 0.25) is 6.08 Å². The van der Waals surface area contributed by atoms with Crippen molar-refractivity contribution in [3.05, 3.63) is 35.9 Å². The van der Waals surface area contributed by atoms with Crippen molar-refractivity contribution in [1.82, 2.24) is 0 Å². The molecule has 0 saturated heterocycles. The first-order valence-electron chi connectivity index (χ1n) is 4.04. The fourth-order valence-corrected chi connectivity index (χ4v) is 1.45. The maximum Gasteiger partial charge on any atom is 0.235 e. The van der Waals surface area contributed by atoms with E-state index in [1.165, 1.54) is 5.56 Å². The quantitative estimate of drug-likeness (QED) is 0.478. The van der Waals surface area contributed by atoms with E-state index in [9.17, 15) is 4.79 Å². The summed E-state index contributed by atoms with van der Waals surface area (Å²) < 4.78 is 0. The van der Waals surface area contributed by atoms with Gasteiger partial charge in [0, 0.05) is 5.92 Å². The number of hydrogen-bond donors (Lipinski definition) is 0. The highest BCUT2D eigenvalue weighted by Crippen LogP contribution is 2.42. The normalized spacial score (nSPS) is 26.0. The zero-order valence-corrected chi connectivity index (χ0v) is 6.60. The standard InChI is InChI=1S/C10H9NO/c12-7-11-10-6-9(10)8-4-2-1-3-5-8/h1-5,9-10H,6H2/t9-,10?/m1/s1. The van der Waals surface area contributed by atoms with Crippen molar-refractivity contribution in [3.8, 4) is 0 Å². The van der Waals surface area contributed by atoms with Crippen molar-refractivity contribution in [3.63, 3.8) is 0 Å². The number of isocyanates is 1. The molecule has 2 atom stereocenters. The molecule has 0 aromatic heterocycles. The van der Waals surface area contributed by atoms with E-state index >= 15 is 0 Å². The van der Waals surface area contributed by atoms with Gasteiger partial charge in [-0.1, -0.05) is 30.3 Å². The van der Waals surface area contributed by atoms with Crippen LogP contribution in [0.1, 0.15) is 17.9 Å². The Morgan fingerprint density at radius 2 is 2.08 bits per heavy atom. The van der Waals surface area contributed by atoms with E-state index in [4.69, 9.17) is 0 Å². The van der Waals surface area contributed by atoms with Crippen LogP contribution in [0.4, 0.5) is 0 Å². The lowest BCUT2D eigenvalue weighted by atomic mass is 10.1. The van der Waals surface area contributed by atoms with Gasteiger partial charge in [-0.15, -0.1) is 0 Å². The minimum Gasteiger partial charge on any atom is -0.211 e. The van der Waals surface area contributed by atoms with Crippen molar-refractivity contribution in [2.75, 3.05) is 0 Å². The first-order valence-corrected chi connectivity index (χ1v) is 4.04. The minimum atomic E-state index is 0.199. The zero-order chi connectivity index (χ0) is 8.39. The van der Waals surface area contributed by atoms with E-state index in [2.05, 4.69) is 17.1 Å². The molecule has 0 radical (unpaired) electrons. The van der Waals surface area contributed by atoms with Crippen LogP contribution in [0.25, 0.3) is 0 Å². The molecule has 0 aliphatic heterocycles. The second-order valence-electron chi connectivity index (χ2n) is 3.04. The molecule has 0 spiro atoms. The molecule has 1 aromatic rings. The third-order valence-corrected chi connectivity index (χ3v) is 2.20. The highest BCUT2D eigenvalue weighted by molar-refractivity contribution is 5.37. The van der Waals surface area contributed by atoms with Crippen LogP contribution in [-0.2, 0) is 4.79 Å². The van der Waals surface area contributed by atoms with Crippen LogP contribution >= 0.6 is 0 Å². The summed E-state index contributed by atoms with van der Waals surface area (Å²) in [6, 6.07) is 10.4. The molecular weight excluding hydrogens is 150 g/mol. The maximum absolute atomic E-state index is 9.94. The average Bonchev–Trinajstić information content (AvgIpc) is 2.87. The molecule has 0 bridgehead atoms. The molecule has 2 heteroatoms. The highest BCUT2D eigenvalue weighted by Gasteiger charge is 2.38. The van der Waals surface area contributed by atoms with E-state index in [0.29, 0.717) is 5.92 Å². The Morgan fingerprint density at radius 1 is 1.33 bits per heavy atom. The van der Waals surface area contributed by atoms with Crippen LogP contribution < -0.4 is 0 Å². The van der Waals surface area contributed by atoms with Crippen molar-refractivity contribution < 1.29 is 4.79 Å². The van der Waals surface area contributed by atoms with Crippen LogP contribution in [0, 0.1) is 0 Å². The lowest BCUT2D eigenvalue weighted by Gasteiger charge is -1.94. The summed E-state index contributed by atoms with van der Waals surface area (Å²) in [5.74, 6) is 0.465. The number of nitrogens with zero attached hydrogens (tertiary/aromatic N) is 1. The predicted octanol–water partition coefficient (Wildman–Crippen LogP) is 1.88. The van der Waals surface area contributed by atoms with Gasteiger partial charge in [-0.25, -0.2) is 9.79 Å². The summed E-state index contributed by atoms with van der Waals surface area (Å²) in [6.45, 7) is 0.